The summed E-state index contributed by atoms with van der Waals surface area (Å²) < 4.78 is 8.61. The van der Waals surface area contributed by atoms with E-state index in [1.54, 1.807) is 12.3 Å². The summed E-state index contributed by atoms with van der Waals surface area (Å²) in [7, 11) is 1.39. The van der Waals surface area contributed by atoms with Gasteiger partial charge in [0.2, 0.25) is 5.91 Å². The van der Waals surface area contributed by atoms with Gasteiger partial charge in [-0.2, -0.15) is 5.10 Å². The van der Waals surface area contributed by atoms with Gasteiger partial charge in [-0.3, -0.25) is 9.48 Å². The lowest BCUT2D eigenvalue weighted by atomic mass is 10.0. The minimum absolute atomic E-state index is 0.160. The number of carbonyl (C=O) groups is 2. The van der Waals surface area contributed by atoms with Gasteiger partial charge in [0.15, 0.2) is 0 Å². The number of likely N-dealkylation sites (tertiary alicyclic amines) is 1. The van der Waals surface area contributed by atoms with Crippen molar-refractivity contribution in [3.8, 4) is 0 Å². The summed E-state index contributed by atoms with van der Waals surface area (Å²) in [4.78, 5) is 26.1. The number of methoxy groups -OCH3 is 1. The number of hydrogen-bond donors (Lipinski definition) is 0. The number of piperidine rings is 1. The van der Waals surface area contributed by atoms with Gasteiger partial charge in [0.05, 0.1) is 13.3 Å². The van der Waals surface area contributed by atoms with E-state index < -0.39 is 0 Å². The normalized spacial score (nSPS) is 15.4. The number of amides is 1. The molecule has 1 saturated heterocycles. The van der Waals surface area contributed by atoms with Crippen LogP contribution in [-0.2, 0) is 16.1 Å². The Morgan fingerprint density at radius 3 is 2.72 bits per heavy atom. The van der Waals surface area contributed by atoms with Crippen LogP contribution >= 0.6 is 0 Å². The molecule has 0 bridgehead atoms. The van der Waals surface area contributed by atoms with E-state index in [0.717, 1.165) is 18.4 Å². The van der Waals surface area contributed by atoms with E-state index in [9.17, 15) is 9.59 Å². The molecule has 3 heterocycles. The molecular weight excluding hydrogens is 320 g/mol. The van der Waals surface area contributed by atoms with E-state index in [4.69, 9.17) is 4.74 Å². The Bertz CT molecular complexity index is 741. The highest BCUT2D eigenvalue weighted by molar-refractivity contribution is 5.87. The lowest BCUT2D eigenvalue weighted by Gasteiger charge is -2.33. The molecule has 0 radical (unpaired) electrons. The average Bonchev–Trinajstić information content (AvgIpc) is 3.28. The summed E-state index contributed by atoms with van der Waals surface area (Å²) >= 11 is 0. The maximum atomic E-state index is 12.4. The largest absolute Gasteiger partial charge is 0.464 e. The van der Waals surface area contributed by atoms with Gasteiger partial charge < -0.3 is 14.2 Å². The molecule has 2 aromatic rings. The quantitative estimate of drug-likeness (QED) is 0.778. The number of aromatic nitrogens is 3. The van der Waals surface area contributed by atoms with Gasteiger partial charge in [0, 0.05) is 44.5 Å². The highest BCUT2D eigenvalue weighted by Crippen LogP contribution is 2.25. The number of aryl methyl sites for hydroxylation is 2. The second-order valence-electron chi connectivity index (χ2n) is 6.43. The van der Waals surface area contributed by atoms with Crippen molar-refractivity contribution in [3.05, 3.63) is 42.0 Å². The van der Waals surface area contributed by atoms with Crippen LogP contribution in [0, 0.1) is 6.92 Å². The van der Waals surface area contributed by atoms with E-state index in [-0.39, 0.29) is 17.9 Å². The fraction of sp³-hybridized carbons (Fsp3) is 0.500. The van der Waals surface area contributed by atoms with Crippen LogP contribution in [0.15, 0.2) is 30.7 Å². The monoisotopic (exact) mass is 344 g/mol. The lowest BCUT2D eigenvalue weighted by molar-refractivity contribution is -0.132. The molecule has 1 aliphatic rings. The van der Waals surface area contributed by atoms with Gasteiger partial charge in [0.25, 0.3) is 0 Å². The van der Waals surface area contributed by atoms with Gasteiger partial charge in [-0.25, -0.2) is 4.79 Å². The summed E-state index contributed by atoms with van der Waals surface area (Å²) in [6.45, 7) is 4.01. The minimum Gasteiger partial charge on any atom is -0.464 e. The zero-order valence-corrected chi connectivity index (χ0v) is 14.7. The van der Waals surface area contributed by atoms with Crippen LogP contribution in [0.2, 0.25) is 0 Å². The van der Waals surface area contributed by atoms with E-state index >= 15 is 0 Å². The summed E-state index contributed by atoms with van der Waals surface area (Å²) in [6, 6.07) is 3.85. The third-order valence-corrected chi connectivity index (χ3v) is 4.70. The Balaban J connectivity index is 1.52. The molecule has 1 fully saturated rings. The molecule has 3 rings (SSSR count). The summed E-state index contributed by atoms with van der Waals surface area (Å²) in [6.07, 6.45) is 7.79. The first-order chi connectivity index (χ1) is 12.1. The third kappa shape index (κ3) is 3.92. The standard InChI is InChI=1S/C18H24N4O3/c1-14-12-19-21(13-14)11-7-17(23)20-9-5-15(6-10-20)22-8-3-4-16(22)18(24)25-2/h3-4,8,12-13,15H,5-7,9-11H2,1-2H3. The fourth-order valence-corrected chi connectivity index (χ4v) is 3.34. The van der Waals surface area contributed by atoms with Gasteiger partial charge in [-0.05, 0) is 37.5 Å². The molecule has 134 valence electrons. The van der Waals surface area contributed by atoms with Crippen molar-refractivity contribution in [1.82, 2.24) is 19.2 Å². The molecule has 7 heteroatoms. The van der Waals surface area contributed by atoms with Crippen molar-refractivity contribution in [2.24, 2.45) is 0 Å². The van der Waals surface area contributed by atoms with E-state index in [2.05, 4.69) is 5.10 Å². The number of ether oxygens (including phenoxy) is 1. The molecule has 0 spiro atoms. The maximum absolute atomic E-state index is 12.4. The SMILES string of the molecule is COC(=O)c1cccn1C1CCN(C(=O)CCn2cc(C)cn2)CC1. The number of carbonyl (C=O) groups excluding carboxylic acids is 2. The third-order valence-electron chi connectivity index (χ3n) is 4.70. The van der Waals surface area contributed by atoms with Crippen LogP contribution in [0.1, 0.15) is 41.4 Å². The molecule has 0 saturated carbocycles. The molecule has 25 heavy (non-hydrogen) atoms. The number of esters is 1. The summed E-state index contributed by atoms with van der Waals surface area (Å²) in [5.41, 5.74) is 1.67. The van der Waals surface area contributed by atoms with Crippen molar-refractivity contribution in [2.75, 3.05) is 20.2 Å². The number of hydrogen-bond acceptors (Lipinski definition) is 4. The maximum Gasteiger partial charge on any atom is 0.354 e. The van der Waals surface area contributed by atoms with Gasteiger partial charge in [-0.15, -0.1) is 0 Å². The van der Waals surface area contributed by atoms with Crippen molar-refractivity contribution in [1.29, 1.82) is 0 Å². The summed E-state index contributed by atoms with van der Waals surface area (Å²) in [5.74, 6) is -0.162. The van der Waals surface area contributed by atoms with Crippen LogP contribution in [0.3, 0.4) is 0 Å². The second kappa shape index (κ2) is 7.55. The van der Waals surface area contributed by atoms with Crippen LogP contribution in [0.4, 0.5) is 0 Å². The Hall–Kier alpha value is -2.57. The fourth-order valence-electron chi connectivity index (χ4n) is 3.34. The van der Waals surface area contributed by atoms with Gasteiger partial charge in [-0.1, -0.05) is 0 Å². The Labute approximate surface area is 147 Å². The van der Waals surface area contributed by atoms with Crippen molar-refractivity contribution >= 4 is 11.9 Å². The summed E-state index contributed by atoms with van der Waals surface area (Å²) in [5, 5.41) is 4.21. The van der Waals surface area contributed by atoms with Crippen LogP contribution in [0.25, 0.3) is 0 Å². The van der Waals surface area contributed by atoms with E-state index in [1.807, 2.05) is 39.5 Å². The first-order valence-corrected chi connectivity index (χ1v) is 8.60. The molecule has 0 N–H and O–H groups in total. The molecule has 1 aliphatic heterocycles. The first-order valence-electron chi connectivity index (χ1n) is 8.60. The first kappa shape index (κ1) is 17.3. The molecule has 7 nitrogen and oxygen atoms in total. The minimum atomic E-state index is -0.321. The van der Waals surface area contributed by atoms with E-state index in [0.29, 0.717) is 31.7 Å². The van der Waals surface area contributed by atoms with Crippen molar-refractivity contribution in [3.63, 3.8) is 0 Å². The Morgan fingerprint density at radius 1 is 1.32 bits per heavy atom. The van der Waals surface area contributed by atoms with Crippen LogP contribution in [0.5, 0.6) is 0 Å². The molecule has 2 aromatic heterocycles. The average molecular weight is 344 g/mol. The number of nitrogens with zero attached hydrogens (tertiary/aromatic N) is 4. The predicted octanol–water partition coefficient (Wildman–Crippen LogP) is 2.03. The van der Waals surface area contributed by atoms with E-state index in [1.165, 1.54) is 7.11 Å². The number of rotatable bonds is 5. The Kier molecular flexibility index (Phi) is 5.21. The Morgan fingerprint density at radius 2 is 2.08 bits per heavy atom. The molecule has 0 unspecified atom stereocenters. The topological polar surface area (TPSA) is 69.4 Å². The van der Waals surface area contributed by atoms with Crippen molar-refractivity contribution in [2.45, 2.75) is 38.8 Å². The zero-order valence-electron chi connectivity index (χ0n) is 14.7. The smallest absolute Gasteiger partial charge is 0.354 e. The van der Waals surface area contributed by atoms with Crippen LogP contribution in [-0.4, -0.2) is 51.3 Å². The van der Waals surface area contributed by atoms with Gasteiger partial charge in [0.1, 0.15) is 5.69 Å². The molecule has 0 aromatic carbocycles. The zero-order chi connectivity index (χ0) is 17.8. The highest BCUT2D eigenvalue weighted by Gasteiger charge is 2.25. The van der Waals surface area contributed by atoms with Crippen molar-refractivity contribution < 1.29 is 14.3 Å². The highest BCUT2D eigenvalue weighted by atomic mass is 16.5. The lowest BCUT2D eigenvalue weighted by Crippen LogP contribution is -2.39. The van der Waals surface area contributed by atoms with Gasteiger partial charge >= 0.3 is 5.97 Å². The predicted molar refractivity (Wildman–Crippen MR) is 92.2 cm³/mol. The molecular formula is C18H24N4O3. The second-order valence-corrected chi connectivity index (χ2v) is 6.43. The molecule has 1 amide bonds. The molecule has 0 aliphatic carbocycles. The molecule has 0 atom stereocenters. The van der Waals surface area contributed by atoms with Crippen LogP contribution < -0.4 is 0 Å².